The zero-order valence-corrected chi connectivity index (χ0v) is 19.3. The molecule has 4 rings (SSSR count). The van der Waals surface area contributed by atoms with E-state index in [1.807, 2.05) is 4.90 Å². The van der Waals surface area contributed by atoms with Gasteiger partial charge in [-0.1, -0.05) is 0 Å². The first-order valence-corrected chi connectivity index (χ1v) is 12.0. The molecule has 1 aliphatic rings. The Morgan fingerprint density at radius 2 is 1.56 bits per heavy atom. The van der Waals surface area contributed by atoms with Crippen LogP contribution in [0.4, 0.5) is 21.5 Å². The number of hydrogen-bond donors (Lipinski definition) is 2. The van der Waals surface area contributed by atoms with Crippen molar-refractivity contribution in [2.24, 2.45) is 0 Å². The lowest BCUT2D eigenvalue weighted by Gasteiger charge is -2.38. The van der Waals surface area contributed by atoms with Gasteiger partial charge in [-0.3, -0.25) is 4.72 Å². The summed E-state index contributed by atoms with van der Waals surface area (Å²) in [6.45, 7) is 2.40. The van der Waals surface area contributed by atoms with Crippen molar-refractivity contribution in [1.29, 1.82) is 0 Å². The quantitative estimate of drug-likeness (QED) is 0.527. The lowest BCUT2D eigenvalue weighted by molar-refractivity contribution is 0.0697. The van der Waals surface area contributed by atoms with Crippen LogP contribution in [-0.2, 0) is 10.0 Å². The van der Waals surface area contributed by atoms with Gasteiger partial charge in [0.05, 0.1) is 23.3 Å². The number of ether oxygens (including phenoxy) is 1. The van der Waals surface area contributed by atoms with Gasteiger partial charge in [0, 0.05) is 37.6 Å². The molecule has 0 unspecified atom stereocenters. The molecule has 1 saturated heterocycles. The molecule has 2 N–H and O–H groups in total. The van der Waals surface area contributed by atoms with Crippen LogP contribution in [0.5, 0.6) is 5.75 Å². The number of methoxy groups -OCH3 is 1. The third-order valence-electron chi connectivity index (χ3n) is 5.66. The van der Waals surface area contributed by atoms with E-state index in [-0.39, 0.29) is 22.0 Å². The number of anilines is 3. The van der Waals surface area contributed by atoms with E-state index in [0.29, 0.717) is 37.6 Å². The third kappa shape index (κ3) is 5.07. The summed E-state index contributed by atoms with van der Waals surface area (Å²) in [5, 5.41) is 9.79. The van der Waals surface area contributed by atoms with Crippen molar-refractivity contribution in [2.75, 3.05) is 47.8 Å². The molecule has 0 radical (unpaired) electrons. The lowest BCUT2D eigenvalue weighted by atomic mass is 10.1. The van der Waals surface area contributed by atoms with Crippen molar-refractivity contribution in [3.05, 3.63) is 78.1 Å². The maximum absolute atomic E-state index is 13.2. The van der Waals surface area contributed by atoms with Crippen molar-refractivity contribution in [1.82, 2.24) is 0 Å². The number of piperazine rings is 1. The number of halogens is 1. The lowest BCUT2D eigenvalue weighted by Crippen LogP contribution is -2.47. The van der Waals surface area contributed by atoms with E-state index in [4.69, 9.17) is 4.74 Å². The number of carboxylic acid groups (broad SMARTS) is 1. The summed E-state index contributed by atoms with van der Waals surface area (Å²) in [7, 11) is -2.42. The zero-order valence-electron chi connectivity index (χ0n) is 18.4. The maximum Gasteiger partial charge on any atom is 0.337 e. The molecule has 0 spiro atoms. The molecule has 0 aromatic heterocycles. The topological polar surface area (TPSA) is 99.2 Å². The molecule has 0 atom stereocenters. The fourth-order valence-electron chi connectivity index (χ4n) is 3.87. The Hall–Kier alpha value is -3.79. The number of carboxylic acids is 1. The third-order valence-corrected chi connectivity index (χ3v) is 7.06. The van der Waals surface area contributed by atoms with Crippen LogP contribution in [0, 0.1) is 5.82 Å². The molecule has 3 aromatic rings. The summed E-state index contributed by atoms with van der Waals surface area (Å²) in [6.07, 6.45) is 0. The Bertz CT molecular complexity index is 1270. The van der Waals surface area contributed by atoms with Crippen LogP contribution in [0.1, 0.15) is 10.4 Å². The number of carbonyl (C=O) groups is 1. The summed E-state index contributed by atoms with van der Waals surface area (Å²) in [5.74, 6) is -0.923. The highest BCUT2D eigenvalue weighted by Crippen LogP contribution is 2.28. The second kappa shape index (κ2) is 9.60. The van der Waals surface area contributed by atoms with Gasteiger partial charge in [0.2, 0.25) is 0 Å². The van der Waals surface area contributed by atoms with Crippen molar-refractivity contribution in [2.45, 2.75) is 4.90 Å². The van der Waals surface area contributed by atoms with Gasteiger partial charge >= 0.3 is 5.97 Å². The summed E-state index contributed by atoms with van der Waals surface area (Å²) < 4.78 is 46.1. The van der Waals surface area contributed by atoms with E-state index >= 15 is 0 Å². The molecule has 0 aliphatic carbocycles. The molecule has 8 nitrogen and oxygen atoms in total. The summed E-state index contributed by atoms with van der Waals surface area (Å²) >= 11 is 0. The van der Waals surface area contributed by atoms with Crippen LogP contribution in [-0.4, -0.2) is 52.8 Å². The molecule has 178 valence electrons. The van der Waals surface area contributed by atoms with Crippen LogP contribution in [0.25, 0.3) is 0 Å². The van der Waals surface area contributed by atoms with Gasteiger partial charge in [0.15, 0.2) is 0 Å². The van der Waals surface area contributed by atoms with Crippen LogP contribution in [0.2, 0.25) is 0 Å². The summed E-state index contributed by atoms with van der Waals surface area (Å²) in [5.41, 5.74) is 1.58. The molecular weight excluding hydrogens is 461 g/mol. The first kappa shape index (κ1) is 23.4. The minimum absolute atomic E-state index is 0.00478. The van der Waals surface area contributed by atoms with Gasteiger partial charge in [0.1, 0.15) is 11.6 Å². The monoisotopic (exact) mass is 485 g/mol. The van der Waals surface area contributed by atoms with Gasteiger partial charge < -0.3 is 19.6 Å². The van der Waals surface area contributed by atoms with Crippen LogP contribution >= 0.6 is 0 Å². The number of sulfonamides is 1. The smallest absolute Gasteiger partial charge is 0.337 e. The molecule has 34 heavy (non-hydrogen) atoms. The van der Waals surface area contributed by atoms with E-state index in [9.17, 15) is 22.7 Å². The summed E-state index contributed by atoms with van der Waals surface area (Å²) in [6, 6.07) is 16.6. The number of hydrogen-bond acceptors (Lipinski definition) is 6. The average Bonchev–Trinajstić information content (AvgIpc) is 2.84. The highest BCUT2D eigenvalue weighted by Gasteiger charge is 2.23. The SMILES string of the molecule is COc1ccc(S(=O)(=O)Nc2ccc(N3CCN(c4ccc(F)cc4)CC3)c(C(=O)O)c2)cc1. The Morgan fingerprint density at radius 1 is 0.941 bits per heavy atom. The molecule has 1 aliphatic heterocycles. The Morgan fingerprint density at radius 3 is 2.15 bits per heavy atom. The number of aromatic carboxylic acids is 1. The van der Waals surface area contributed by atoms with Crippen molar-refractivity contribution < 1.29 is 27.4 Å². The molecule has 0 saturated carbocycles. The fraction of sp³-hybridized carbons (Fsp3) is 0.208. The predicted octanol–water partition coefficient (Wildman–Crippen LogP) is 3.66. The van der Waals surface area contributed by atoms with Crippen LogP contribution < -0.4 is 19.3 Å². The number of nitrogens with one attached hydrogen (secondary N) is 1. The van der Waals surface area contributed by atoms with Crippen molar-refractivity contribution in [3.63, 3.8) is 0 Å². The summed E-state index contributed by atoms with van der Waals surface area (Å²) in [4.78, 5) is 16.1. The highest BCUT2D eigenvalue weighted by molar-refractivity contribution is 7.92. The van der Waals surface area contributed by atoms with Crippen molar-refractivity contribution in [3.8, 4) is 5.75 Å². The second-order valence-corrected chi connectivity index (χ2v) is 9.45. The van der Waals surface area contributed by atoms with Gasteiger partial charge in [-0.15, -0.1) is 0 Å². The van der Waals surface area contributed by atoms with Gasteiger partial charge in [-0.2, -0.15) is 0 Å². The number of rotatable bonds is 7. The van der Waals surface area contributed by atoms with Crippen LogP contribution in [0.3, 0.4) is 0 Å². The Labute approximate surface area is 197 Å². The predicted molar refractivity (Wildman–Crippen MR) is 128 cm³/mol. The standard InChI is InChI=1S/C24H24FN3O5S/c1-33-20-7-9-21(10-8-20)34(31,32)26-18-4-11-23(22(16-18)24(29)30)28-14-12-27(13-15-28)19-5-2-17(25)3-6-19/h2-11,16,26H,12-15H2,1H3,(H,29,30). The zero-order chi connectivity index (χ0) is 24.3. The minimum Gasteiger partial charge on any atom is -0.497 e. The Kier molecular flexibility index (Phi) is 6.60. The van der Waals surface area contributed by atoms with Gasteiger partial charge in [-0.25, -0.2) is 17.6 Å². The average molecular weight is 486 g/mol. The molecule has 1 fully saturated rings. The van der Waals surface area contributed by atoms with E-state index in [1.54, 1.807) is 24.3 Å². The molecular formula is C24H24FN3O5S. The largest absolute Gasteiger partial charge is 0.497 e. The molecule has 3 aromatic carbocycles. The van der Waals surface area contributed by atoms with Crippen molar-refractivity contribution >= 4 is 33.1 Å². The van der Waals surface area contributed by atoms with Gasteiger partial charge in [0.25, 0.3) is 10.0 Å². The normalized spacial score (nSPS) is 14.1. The first-order chi connectivity index (χ1) is 16.3. The molecule has 0 bridgehead atoms. The maximum atomic E-state index is 13.2. The fourth-order valence-corrected chi connectivity index (χ4v) is 4.92. The van der Waals surface area contributed by atoms with Crippen LogP contribution in [0.15, 0.2) is 71.6 Å². The van der Waals surface area contributed by atoms with E-state index in [1.165, 1.54) is 49.6 Å². The molecule has 1 heterocycles. The number of nitrogens with zero attached hydrogens (tertiary/aromatic N) is 2. The van der Waals surface area contributed by atoms with Gasteiger partial charge in [-0.05, 0) is 66.7 Å². The number of benzene rings is 3. The second-order valence-electron chi connectivity index (χ2n) is 7.77. The highest BCUT2D eigenvalue weighted by atomic mass is 32.2. The molecule has 10 heteroatoms. The Balaban J connectivity index is 1.50. The van der Waals surface area contributed by atoms with E-state index in [0.717, 1.165) is 5.69 Å². The van der Waals surface area contributed by atoms with E-state index in [2.05, 4.69) is 9.62 Å². The van der Waals surface area contributed by atoms with E-state index < -0.39 is 16.0 Å². The molecule has 0 amide bonds. The first-order valence-electron chi connectivity index (χ1n) is 10.6. The minimum atomic E-state index is -3.90.